The van der Waals surface area contributed by atoms with Crippen LogP contribution in [-0.4, -0.2) is 63.8 Å². The molecule has 0 atom stereocenters. The Morgan fingerprint density at radius 2 is 1.19 bits per heavy atom. The van der Waals surface area contributed by atoms with Gasteiger partial charge in [0, 0.05) is 40.4 Å². The molecule has 0 unspecified atom stereocenters. The van der Waals surface area contributed by atoms with Crippen molar-refractivity contribution in [3.8, 4) is 0 Å². The molecule has 0 radical (unpaired) electrons. The molecule has 21 heavy (non-hydrogen) atoms. The van der Waals surface area contributed by atoms with Gasteiger partial charge in [-0.15, -0.1) is 0 Å². The van der Waals surface area contributed by atoms with Crippen LogP contribution in [-0.2, 0) is 9.47 Å². The van der Waals surface area contributed by atoms with Gasteiger partial charge in [-0.1, -0.05) is 13.8 Å². The summed E-state index contributed by atoms with van der Waals surface area (Å²) >= 11 is 10.4. The van der Waals surface area contributed by atoms with E-state index in [0.717, 1.165) is 13.1 Å². The molecule has 0 rings (SSSR count). The number of hydrogen-bond acceptors (Lipinski definition) is 4. The van der Waals surface area contributed by atoms with Crippen molar-refractivity contribution in [2.24, 2.45) is 5.41 Å². The molecule has 0 saturated carbocycles. The second-order valence-electron chi connectivity index (χ2n) is 5.37. The third-order valence-corrected chi connectivity index (χ3v) is 3.22. The van der Waals surface area contributed by atoms with Crippen molar-refractivity contribution in [3.63, 3.8) is 0 Å². The number of rotatable bonds is 10. The summed E-state index contributed by atoms with van der Waals surface area (Å²) in [6.45, 7) is 8.45. The summed E-state index contributed by atoms with van der Waals surface area (Å²) in [5.74, 6) is 0. The zero-order chi connectivity index (χ0) is 16.1. The standard InChI is InChI=1S/C13H28N4O2S2/c1-13(2,9-16-11(20)14-5-7-18-3)10-17-12(21)15-6-8-19-4/h5-10H2,1-4H3,(H2,14,16,20)(H2,15,17,21). The Labute approximate surface area is 138 Å². The van der Waals surface area contributed by atoms with Gasteiger partial charge < -0.3 is 30.7 Å². The lowest BCUT2D eigenvalue weighted by atomic mass is 9.93. The first-order valence-electron chi connectivity index (χ1n) is 6.92. The molecule has 4 N–H and O–H groups in total. The summed E-state index contributed by atoms with van der Waals surface area (Å²) in [6, 6.07) is 0. The number of ether oxygens (including phenoxy) is 2. The van der Waals surface area contributed by atoms with Crippen LogP contribution in [0.5, 0.6) is 0 Å². The maximum absolute atomic E-state index is 5.19. The maximum atomic E-state index is 5.19. The fourth-order valence-corrected chi connectivity index (χ4v) is 1.71. The first-order chi connectivity index (χ1) is 9.91. The summed E-state index contributed by atoms with van der Waals surface area (Å²) in [6.07, 6.45) is 0. The smallest absolute Gasteiger partial charge is 0.166 e. The van der Waals surface area contributed by atoms with E-state index in [1.165, 1.54) is 0 Å². The number of thiocarbonyl (C=S) groups is 2. The van der Waals surface area contributed by atoms with Crippen molar-refractivity contribution in [2.75, 3.05) is 53.6 Å². The third kappa shape index (κ3) is 12.7. The molecule has 124 valence electrons. The Hall–Kier alpha value is -0.700. The van der Waals surface area contributed by atoms with Crippen molar-refractivity contribution in [3.05, 3.63) is 0 Å². The van der Waals surface area contributed by atoms with Crippen LogP contribution in [0.1, 0.15) is 13.8 Å². The molecular weight excluding hydrogens is 308 g/mol. The van der Waals surface area contributed by atoms with Gasteiger partial charge in [-0.3, -0.25) is 0 Å². The average Bonchev–Trinajstić information content (AvgIpc) is 2.44. The van der Waals surface area contributed by atoms with Gasteiger partial charge in [0.15, 0.2) is 10.2 Å². The fraction of sp³-hybridized carbons (Fsp3) is 0.846. The fourth-order valence-electron chi connectivity index (χ4n) is 1.36. The van der Waals surface area contributed by atoms with E-state index in [9.17, 15) is 0 Å². The molecule has 0 saturated heterocycles. The molecule has 0 aliphatic rings. The summed E-state index contributed by atoms with van der Waals surface area (Å²) in [7, 11) is 3.33. The highest BCUT2D eigenvalue weighted by atomic mass is 32.1. The summed E-state index contributed by atoms with van der Waals surface area (Å²) in [4.78, 5) is 0. The summed E-state index contributed by atoms with van der Waals surface area (Å²) in [5.41, 5.74) is 0.0139. The molecule has 0 aromatic heterocycles. The van der Waals surface area contributed by atoms with Gasteiger partial charge >= 0.3 is 0 Å². The lowest BCUT2D eigenvalue weighted by Crippen LogP contribution is -2.47. The minimum Gasteiger partial charge on any atom is -0.383 e. The zero-order valence-corrected chi connectivity index (χ0v) is 15.0. The van der Waals surface area contributed by atoms with E-state index in [1.807, 2.05) is 0 Å². The quantitative estimate of drug-likeness (QED) is 0.334. The first kappa shape index (κ1) is 20.3. The van der Waals surface area contributed by atoms with E-state index in [-0.39, 0.29) is 5.41 Å². The molecule has 0 aliphatic carbocycles. The number of methoxy groups -OCH3 is 2. The zero-order valence-electron chi connectivity index (χ0n) is 13.4. The minimum atomic E-state index is 0.0139. The lowest BCUT2D eigenvalue weighted by Gasteiger charge is -2.27. The molecule has 0 aromatic carbocycles. The van der Waals surface area contributed by atoms with E-state index in [1.54, 1.807) is 14.2 Å². The van der Waals surface area contributed by atoms with Crippen molar-refractivity contribution >= 4 is 34.7 Å². The molecule has 0 heterocycles. The van der Waals surface area contributed by atoms with Gasteiger partial charge in [-0.2, -0.15) is 0 Å². The van der Waals surface area contributed by atoms with Gasteiger partial charge in [0.25, 0.3) is 0 Å². The van der Waals surface area contributed by atoms with E-state index in [2.05, 4.69) is 35.1 Å². The predicted octanol–water partition coefficient (Wildman–Crippen LogP) is 0.234. The Kier molecular flexibility index (Phi) is 11.5. The van der Waals surface area contributed by atoms with Crippen LogP contribution >= 0.6 is 24.4 Å². The molecule has 0 fully saturated rings. The third-order valence-electron chi connectivity index (χ3n) is 2.64. The van der Waals surface area contributed by atoms with Crippen LogP contribution in [0.25, 0.3) is 0 Å². The molecule has 0 aromatic rings. The van der Waals surface area contributed by atoms with E-state index < -0.39 is 0 Å². The van der Waals surface area contributed by atoms with Crippen LogP contribution in [0.3, 0.4) is 0 Å². The van der Waals surface area contributed by atoms with E-state index >= 15 is 0 Å². The highest BCUT2D eigenvalue weighted by Gasteiger charge is 2.18. The normalized spacial score (nSPS) is 10.9. The van der Waals surface area contributed by atoms with Crippen LogP contribution in [0.15, 0.2) is 0 Å². The SMILES string of the molecule is COCCNC(=S)NCC(C)(C)CNC(=S)NCCOC. The molecule has 6 nitrogen and oxygen atoms in total. The van der Waals surface area contributed by atoms with Gasteiger partial charge in [0.2, 0.25) is 0 Å². The Morgan fingerprint density at radius 3 is 1.52 bits per heavy atom. The van der Waals surface area contributed by atoms with Gasteiger partial charge in [0.05, 0.1) is 13.2 Å². The minimum absolute atomic E-state index is 0.0139. The predicted molar refractivity (Wildman–Crippen MR) is 94.7 cm³/mol. The highest BCUT2D eigenvalue weighted by Crippen LogP contribution is 2.11. The molecule has 0 aliphatic heterocycles. The van der Waals surface area contributed by atoms with Gasteiger partial charge in [-0.05, 0) is 29.9 Å². The summed E-state index contributed by atoms with van der Waals surface area (Å²) < 4.78 is 9.91. The average molecular weight is 337 g/mol. The first-order valence-corrected chi connectivity index (χ1v) is 7.74. The maximum Gasteiger partial charge on any atom is 0.166 e. The van der Waals surface area contributed by atoms with Gasteiger partial charge in [-0.25, -0.2) is 0 Å². The second kappa shape index (κ2) is 11.9. The van der Waals surface area contributed by atoms with Crippen molar-refractivity contribution in [2.45, 2.75) is 13.8 Å². The molecular formula is C13H28N4O2S2. The molecule has 0 bridgehead atoms. The molecule has 0 amide bonds. The van der Waals surface area contributed by atoms with Crippen LogP contribution < -0.4 is 21.3 Å². The van der Waals surface area contributed by atoms with Crippen molar-refractivity contribution in [1.82, 2.24) is 21.3 Å². The van der Waals surface area contributed by atoms with Crippen molar-refractivity contribution < 1.29 is 9.47 Å². The van der Waals surface area contributed by atoms with Crippen molar-refractivity contribution in [1.29, 1.82) is 0 Å². The van der Waals surface area contributed by atoms with E-state index in [0.29, 0.717) is 36.5 Å². The Balaban J connectivity index is 3.81. The molecule has 8 heteroatoms. The van der Waals surface area contributed by atoms with E-state index in [4.69, 9.17) is 33.9 Å². The monoisotopic (exact) mass is 336 g/mol. The van der Waals surface area contributed by atoms with Crippen LogP contribution in [0, 0.1) is 5.41 Å². The largest absolute Gasteiger partial charge is 0.383 e. The lowest BCUT2D eigenvalue weighted by molar-refractivity contribution is 0.203. The van der Waals surface area contributed by atoms with Crippen LogP contribution in [0.4, 0.5) is 0 Å². The highest BCUT2D eigenvalue weighted by molar-refractivity contribution is 7.80. The Bertz CT molecular complexity index is 287. The topological polar surface area (TPSA) is 66.6 Å². The second-order valence-corrected chi connectivity index (χ2v) is 6.19. The van der Waals surface area contributed by atoms with Crippen LogP contribution in [0.2, 0.25) is 0 Å². The number of nitrogens with one attached hydrogen (secondary N) is 4. The summed E-state index contributed by atoms with van der Waals surface area (Å²) in [5, 5.41) is 13.8. The van der Waals surface area contributed by atoms with Gasteiger partial charge in [0.1, 0.15) is 0 Å². The number of hydrogen-bond donors (Lipinski definition) is 4. The molecule has 0 spiro atoms. The Morgan fingerprint density at radius 1 is 0.810 bits per heavy atom.